The van der Waals surface area contributed by atoms with Gasteiger partial charge in [-0.25, -0.2) is 0 Å². The molecule has 0 unspecified atom stereocenters. The first kappa shape index (κ1) is 14.7. The van der Waals surface area contributed by atoms with Gasteiger partial charge in [0.2, 0.25) is 0 Å². The highest BCUT2D eigenvalue weighted by Gasteiger charge is 2.30. The Kier molecular flexibility index (Phi) is 4.19. The molecule has 1 aliphatic rings. The Bertz CT molecular complexity index is 588. The third-order valence-corrected chi connectivity index (χ3v) is 4.68. The summed E-state index contributed by atoms with van der Waals surface area (Å²) < 4.78 is 0. The Hall–Kier alpha value is -2.22. The van der Waals surface area contributed by atoms with E-state index in [0.717, 1.165) is 13.1 Å². The van der Waals surface area contributed by atoms with Crippen molar-refractivity contribution >= 4 is 0 Å². The second-order valence-electron chi connectivity index (χ2n) is 6.03. The van der Waals surface area contributed by atoms with E-state index in [9.17, 15) is 0 Å². The van der Waals surface area contributed by atoms with E-state index in [-0.39, 0.29) is 0 Å². The molecule has 22 heavy (non-hydrogen) atoms. The third kappa shape index (κ3) is 2.87. The van der Waals surface area contributed by atoms with Crippen molar-refractivity contribution in [2.45, 2.75) is 40.0 Å². The molecule has 0 fully saturated rings. The summed E-state index contributed by atoms with van der Waals surface area (Å²) in [4.78, 5) is 4.99. The van der Waals surface area contributed by atoms with Gasteiger partial charge in [-0.05, 0) is 31.9 Å². The van der Waals surface area contributed by atoms with E-state index in [1.165, 1.54) is 22.5 Å². The van der Waals surface area contributed by atoms with Gasteiger partial charge >= 0.3 is 0 Å². The lowest BCUT2D eigenvalue weighted by Gasteiger charge is -2.32. The molecule has 2 nitrogen and oxygen atoms in total. The molecular formula is C20H24N2. The first-order valence-electron chi connectivity index (χ1n) is 7.95. The molecule has 0 N–H and O–H groups in total. The van der Waals surface area contributed by atoms with Gasteiger partial charge in [-0.15, -0.1) is 0 Å². The van der Waals surface area contributed by atoms with Crippen LogP contribution in [0.1, 0.15) is 31.9 Å². The normalized spacial score (nSPS) is 15.8. The molecule has 2 aromatic rings. The van der Waals surface area contributed by atoms with Gasteiger partial charge in [-0.1, -0.05) is 60.7 Å². The van der Waals surface area contributed by atoms with E-state index in [1.807, 2.05) is 0 Å². The Morgan fingerprint density at radius 1 is 0.682 bits per heavy atom. The molecule has 2 aromatic carbocycles. The lowest BCUT2D eigenvalue weighted by Crippen LogP contribution is -2.37. The summed E-state index contributed by atoms with van der Waals surface area (Å²) in [5.41, 5.74) is 5.49. The molecule has 3 rings (SSSR count). The van der Waals surface area contributed by atoms with Gasteiger partial charge < -0.3 is 9.80 Å². The Morgan fingerprint density at radius 2 is 1.05 bits per heavy atom. The number of hydrogen-bond acceptors (Lipinski definition) is 2. The van der Waals surface area contributed by atoms with Crippen molar-refractivity contribution in [2.24, 2.45) is 0 Å². The summed E-state index contributed by atoms with van der Waals surface area (Å²) in [6.07, 6.45) is 0.389. The van der Waals surface area contributed by atoms with Crippen LogP contribution in [0.5, 0.6) is 0 Å². The third-order valence-electron chi connectivity index (χ3n) is 4.68. The van der Waals surface area contributed by atoms with Crippen LogP contribution in [0, 0.1) is 0 Å². The highest BCUT2D eigenvalue weighted by molar-refractivity contribution is 5.23. The molecule has 0 saturated heterocycles. The number of nitrogens with zero attached hydrogens (tertiary/aromatic N) is 2. The van der Waals surface area contributed by atoms with E-state index < -0.39 is 0 Å². The SMILES string of the molecule is CC1=C(C)N(Cc2ccccc2)C(C)N1Cc1ccccc1. The monoisotopic (exact) mass is 292 g/mol. The fourth-order valence-electron chi connectivity index (χ4n) is 3.21. The maximum atomic E-state index is 2.49. The Balaban J connectivity index is 1.78. The average Bonchev–Trinajstić information content (AvgIpc) is 2.75. The minimum atomic E-state index is 0.389. The maximum absolute atomic E-state index is 2.49. The van der Waals surface area contributed by atoms with Crippen molar-refractivity contribution in [1.29, 1.82) is 0 Å². The second kappa shape index (κ2) is 6.27. The van der Waals surface area contributed by atoms with Crippen LogP contribution < -0.4 is 0 Å². The molecule has 0 aromatic heterocycles. The summed E-state index contributed by atoms with van der Waals surface area (Å²) >= 11 is 0. The van der Waals surface area contributed by atoms with E-state index in [0.29, 0.717) is 6.17 Å². The highest BCUT2D eigenvalue weighted by atomic mass is 15.4. The van der Waals surface area contributed by atoms with Gasteiger partial charge in [-0.3, -0.25) is 0 Å². The van der Waals surface area contributed by atoms with Crippen molar-refractivity contribution in [2.75, 3.05) is 0 Å². The number of benzene rings is 2. The van der Waals surface area contributed by atoms with Gasteiger partial charge in [0.05, 0.1) is 6.17 Å². The van der Waals surface area contributed by atoms with Crippen molar-refractivity contribution in [3.8, 4) is 0 Å². The first-order chi connectivity index (χ1) is 10.7. The molecule has 0 spiro atoms. The van der Waals surface area contributed by atoms with Crippen LogP contribution in [0.25, 0.3) is 0 Å². The van der Waals surface area contributed by atoms with Crippen LogP contribution in [0.4, 0.5) is 0 Å². The van der Waals surface area contributed by atoms with Crippen molar-refractivity contribution in [3.63, 3.8) is 0 Å². The standard InChI is InChI=1S/C20H24N2/c1-16-17(2)22(15-20-12-8-5-9-13-20)18(3)21(16)14-19-10-6-4-7-11-19/h4-13,18H,14-15H2,1-3H3. The molecule has 2 heteroatoms. The largest absolute Gasteiger partial charge is 0.349 e. The minimum absolute atomic E-state index is 0.389. The molecular weight excluding hydrogens is 268 g/mol. The fourth-order valence-corrected chi connectivity index (χ4v) is 3.21. The molecule has 1 aliphatic heterocycles. The number of allylic oxidation sites excluding steroid dienone is 2. The zero-order chi connectivity index (χ0) is 15.5. The molecule has 0 atom stereocenters. The molecule has 0 bridgehead atoms. The molecule has 0 amide bonds. The van der Waals surface area contributed by atoms with Crippen LogP contribution in [0.2, 0.25) is 0 Å². The summed E-state index contributed by atoms with van der Waals surface area (Å²) in [5, 5.41) is 0. The Labute approximate surface area is 133 Å². The topological polar surface area (TPSA) is 6.48 Å². The van der Waals surface area contributed by atoms with Gasteiger partial charge in [0.15, 0.2) is 0 Å². The van der Waals surface area contributed by atoms with E-state index >= 15 is 0 Å². The van der Waals surface area contributed by atoms with Crippen molar-refractivity contribution in [1.82, 2.24) is 9.80 Å². The summed E-state index contributed by atoms with van der Waals surface area (Å²) in [6, 6.07) is 21.4. The van der Waals surface area contributed by atoms with Crippen LogP contribution in [-0.4, -0.2) is 16.0 Å². The molecule has 0 aliphatic carbocycles. The quantitative estimate of drug-likeness (QED) is 0.812. The van der Waals surface area contributed by atoms with Crippen molar-refractivity contribution < 1.29 is 0 Å². The van der Waals surface area contributed by atoms with Crippen LogP contribution >= 0.6 is 0 Å². The first-order valence-corrected chi connectivity index (χ1v) is 7.95. The van der Waals surface area contributed by atoms with Crippen molar-refractivity contribution in [3.05, 3.63) is 83.2 Å². The highest BCUT2D eigenvalue weighted by Crippen LogP contribution is 2.31. The lowest BCUT2D eigenvalue weighted by molar-refractivity contribution is 0.143. The summed E-state index contributed by atoms with van der Waals surface area (Å²) in [7, 11) is 0. The molecule has 0 radical (unpaired) electrons. The number of rotatable bonds is 4. The predicted molar refractivity (Wildman–Crippen MR) is 91.8 cm³/mol. The molecule has 1 heterocycles. The zero-order valence-corrected chi connectivity index (χ0v) is 13.7. The maximum Gasteiger partial charge on any atom is 0.0989 e. The van der Waals surface area contributed by atoms with Crippen LogP contribution in [0.3, 0.4) is 0 Å². The molecule has 114 valence electrons. The molecule has 0 saturated carbocycles. The summed E-state index contributed by atoms with van der Waals surface area (Å²) in [6.45, 7) is 8.71. The summed E-state index contributed by atoms with van der Waals surface area (Å²) in [5.74, 6) is 0. The average molecular weight is 292 g/mol. The zero-order valence-electron chi connectivity index (χ0n) is 13.7. The Morgan fingerprint density at radius 3 is 1.41 bits per heavy atom. The van der Waals surface area contributed by atoms with Crippen LogP contribution in [0.15, 0.2) is 72.1 Å². The lowest BCUT2D eigenvalue weighted by atomic mass is 10.2. The van der Waals surface area contributed by atoms with Gasteiger partial charge in [0.25, 0.3) is 0 Å². The van der Waals surface area contributed by atoms with E-state index in [4.69, 9.17) is 0 Å². The van der Waals surface area contributed by atoms with E-state index in [1.54, 1.807) is 0 Å². The number of hydrogen-bond donors (Lipinski definition) is 0. The predicted octanol–water partition coefficient (Wildman–Crippen LogP) is 4.60. The minimum Gasteiger partial charge on any atom is -0.349 e. The fraction of sp³-hybridized carbons (Fsp3) is 0.300. The van der Waals surface area contributed by atoms with Crippen LogP contribution in [-0.2, 0) is 13.1 Å². The second-order valence-corrected chi connectivity index (χ2v) is 6.03. The van der Waals surface area contributed by atoms with Gasteiger partial charge in [0, 0.05) is 24.5 Å². The van der Waals surface area contributed by atoms with Gasteiger partial charge in [0.1, 0.15) is 0 Å². The van der Waals surface area contributed by atoms with Gasteiger partial charge in [-0.2, -0.15) is 0 Å². The smallest absolute Gasteiger partial charge is 0.0989 e. The van der Waals surface area contributed by atoms with E-state index in [2.05, 4.69) is 91.2 Å².